The van der Waals surface area contributed by atoms with Gasteiger partial charge >= 0.3 is 7.60 Å². The topological polar surface area (TPSA) is 96.0 Å². The highest BCUT2D eigenvalue weighted by Crippen LogP contribution is 2.51. The van der Waals surface area contributed by atoms with Crippen molar-refractivity contribution in [3.05, 3.63) is 65.7 Å². The summed E-state index contributed by atoms with van der Waals surface area (Å²) >= 11 is 0. The van der Waals surface area contributed by atoms with E-state index >= 15 is 0 Å². The van der Waals surface area contributed by atoms with Gasteiger partial charge in [-0.2, -0.15) is 0 Å². The van der Waals surface area contributed by atoms with Crippen molar-refractivity contribution in [3.8, 4) is 5.75 Å². The minimum absolute atomic E-state index is 0.205. The van der Waals surface area contributed by atoms with Gasteiger partial charge in [0.05, 0.1) is 6.61 Å². The molecule has 1 aliphatic heterocycles. The van der Waals surface area contributed by atoms with E-state index in [-0.39, 0.29) is 6.54 Å². The molecule has 0 radical (unpaired) electrons. The minimum Gasteiger partial charge on any atom is -0.494 e. The Morgan fingerprint density at radius 1 is 1.04 bits per heavy atom. The standard InChI is InChI=1S/C21H29N2O4P/c22-21(28(24,25)26)13-14-23(17-21)16-19-9-11-20(12-10-19)27-15-5-4-8-18-6-2-1-3-7-18/h1-3,6-7,9-12H,4-5,8,13-17,22H2,(H2,24,25,26). The van der Waals surface area contributed by atoms with E-state index < -0.39 is 12.9 Å². The molecule has 1 fully saturated rings. The summed E-state index contributed by atoms with van der Waals surface area (Å²) in [4.78, 5) is 20.8. The number of unbranched alkanes of at least 4 members (excludes halogenated alkanes) is 1. The Morgan fingerprint density at radius 2 is 1.75 bits per heavy atom. The van der Waals surface area contributed by atoms with Crippen LogP contribution in [0.25, 0.3) is 0 Å². The fraction of sp³-hybridized carbons (Fsp3) is 0.429. The number of likely N-dealkylation sites (tertiary alicyclic amines) is 1. The first-order valence-electron chi connectivity index (χ1n) is 9.68. The monoisotopic (exact) mass is 404 g/mol. The number of aryl methyl sites for hydroxylation is 1. The van der Waals surface area contributed by atoms with E-state index in [1.165, 1.54) is 5.56 Å². The van der Waals surface area contributed by atoms with E-state index in [1.54, 1.807) is 0 Å². The molecule has 1 heterocycles. The predicted octanol–water partition coefficient (Wildman–Crippen LogP) is 3.13. The molecule has 152 valence electrons. The van der Waals surface area contributed by atoms with E-state index in [4.69, 9.17) is 10.5 Å². The molecule has 1 saturated heterocycles. The summed E-state index contributed by atoms with van der Waals surface area (Å²) in [5.41, 5.74) is 8.33. The van der Waals surface area contributed by atoms with Crippen molar-refractivity contribution >= 4 is 7.60 Å². The molecule has 6 nitrogen and oxygen atoms in total. The molecule has 1 atom stereocenters. The summed E-state index contributed by atoms with van der Waals surface area (Å²) in [7, 11) is -4.30. The fourth-order valence-corrected chi connectivity index (χ4v) is 4.26. The maximum Gasteiger partial charge on any atom is 0.346 e. The molecule has 1 unspecified atom stereocenters. The van der Waals surface area contributed by atoms with Gasteiger partial charge in [0.15, 0.2) is 0 Å². The summed E-state index contributed by atoms with van der Waals surface area (Å²) in [5.74, 6) is 0.841. The maximum atomic E-state index is 11.6. The molecule has 0 bridgehead atoms. The van der Waals surface area contributed by atoms with Gasteiger partial charge < -0.3 is 20.3 Å². The zero-order chi connectivity index (χ0) is 20.0. The van der Waals surface area contributed by atoms with E-state index in [1.807, 2.05) is 35.2 Å². The summed E-state index contributed by atoms with van der Waals surface area (Å²) < 4.78 is 17.4. The molecule has 7 heteroatoms. The molecule has 0 saturated carbocycles. The Morgan fingerprint density at radius 3 is 2.39 bits per heavy atom. The Labute approximate surface area is 166 Å². The Balaban J connectivity index is 1.39. The van der Waals surface area contributed by atoms with Crippen molar-refractivity contribution in [2.45, 2.75) is 37.5 Å². The zero-order valence-corrected chi connectivity index (χ0v) is 16.9. The first kappa shape index (κ1) is 21.0. The van der Waals surface area contributed by atoms with Crippen LogP contribution in [-0.2, 0) is 17.5 Å². The molecule has 2 aromatic carbocycles. The van der Waals surface area contributed by atoms with Gasteiger partial charge in [-0.3, -0.25) is 9.46 Å². The van der Waals surface area contributed by atoms with Crippen molar-refractivity contribution < 1.29 is 19.1 Å². The first-order chi connectivity index (χ1) is 13.4. The highest BCUT2D eigenvalue weighted by Gasteiger charge is 2.48. The average Bonchev–Trinajstić information content (AvgIpc) is 3.06. The van der Waals surface area contributed by atoms with Gasteiger partial charge in [0.25, 0.3) is 0 Å². The van der Waals surface area contributed by atoms with Gasteiger partial charge in [0.2, 0.25) is 0 Å². The summed E-state index contributed by atoms with van der Waals surface area (Å²) in [6, 6.07) is 18.3. The molecule has 0 aromatic heterocycles. The quantitative estimate of drug-likeness (QED) is 0.439. The minimum atomic E-state index is -4.30. The second-order valence-corrected chi connectivity index (χ2v) is 9.52. The van der Waals surface area contributed by atoms with Gasteiger partial charge in [-0.1, -0.05) is 42.5 Å². The molecule has 0 amide bonds. The van der Waals surface area contributed by atoms with Crippen LogP contribution in [0, 0.1) is 0 Å². The van der Waals surface area contributed by atoms with Crippen LogP contribution in [0.15, 0.2) is 54.6 Å². The summed E-state index contributed by atoms with van der Waals surface area (Å²) in [6.07, 6.45) is 3.47. The molecular weight excluding hydrogens is 375 g/mol. The lowest BCUT2D eigenvalue weighted by Crippen LogP contribution is -2.42. The van der Waals surface area contributed by atoms with Crippen molar-refractivity contribution in [3.63, 3.8) is 0 Å². The van der Waals surface area contributed by atoms with Gasteiger partial charge in [-0.15, -0.1) is 0 Å². The van der Waals surface area contributed by atoms with Gasteiger partial charge in [-0.25, -0.2) is 0 Å². The van der Waals surface area contributed by atoms with Crippen molar-refractivity contribution in [1.82, 2.24) is 4.90 Å². The molecule has 4 N–H and O–H groups in total. The highest BCUT2D eigenvalue weighted by molar-refractivity contribution is 7.53. The van der Waals surface area contributed by atoms with Crippen LogP contribution in [0.5, 0.6) is 5.75 Å². The Hall–Kier alpha value is -1.69. The van der Waals surface area contributed by atoms with E-state index in [9.17, 15) is 14.4 Å². The van der Waals surface area contributed by atoms with E-state index in [0.29, 0.717) is 26.1 Å². The normalized spacial score (nSPS) is 20.4. The van der Waals surface area contributed by atoms with Crippen LogP contribution in [0.3, 0.4) is 0 Å². The first-order valence-corrected chi connectivity index (χ1v) is 11.3. The van der Waals surface area contributed by atoms with Gasteiger partial charge in [0, 0.05) is 19.6 Å². The second-order valence-electron chi connectivity index (χ2n) is 7.54. The smallest absolute Gasteiger partial charge is 0.346 e. The fourth-order valence-electron chi connectivity index (χ4n) is 3.48. The number of nitrogens with zero attached hydrogens (tertiary/aromatic N) is 1. The van der Waals surface area contributed by atoms with Crippen LogP contribution < -0.4 is 10.5 Å². The van der Waals surface area contributed by atoms with E-state index in [0.717, 1.165) is 30.6 Å². The van der Waals surface area contributed by atoms with Crippen molar-refractivity contribution in [1.29, 1.82) is 0 Å². The number of hydrogen-bond donors (Lipinski definition) is 3. The van der Waals surface area contributed by atoms with Crippen LogP contribution in [0.2, 0.25) is 0 Å². The number of rotatable bonds is 9. The highest BCUT2D eigenvalue weighted by atomic mass is 31.2. The third kappa shape index (κ3) is 5.66. The molecule has 1 aliphatic rings. The van der Waals surface area contributed by atoms with Crippen LogP contribution in [0.4, 0.5) is 0 Å². The third-order valence-electron chi connectivity index (χ3n) is 5.24. The molecule has 2 aromatic rings. The summed E-state index contributed by atoms with van der Waals surface area (Å²) in [6.45, 7) is 2.10. The Bertz CT molecular complexity index is 794. The molecular formula is C21H29N2O4P. The SMILES string of the molecule is NC1(P(=O)(O)O)CCN(Cc2ccc(OCCCCc3ccccc3)cc2)C1. The molecule has 0 spiro atoms. The third-order valence-corrected chi connectivity index (χ3v) is 6.76. The number of hydrogen-bond acceptors (Lipinski definition) is 4. The van der Waals surface area contributed by atoms with Gasteiger partial charge in [0.1, 0.15) is 11.0 Å². The maximum absolute atomic E-state index is 11.6. The average molecular weight is 404 g/mol. The van der Waals surface area contributed by atoms with Gasteiger partial charge in [-0.05, 0) is 48.9 Å². The van der Waals surface area contributed by atoms with Crippen LogP contribution >= 0.6 is 7.60 Å². The van der Waals surface area contributed by atoms with Crippen molar-refractivity contribution in [2.24, 2.45) is 5.73 Å². The Kier molecular flexibility index (Phi) is 6.91. The van der Waals surface area contributed by atoms with E-state index in [2.05, 4.69) is 24.3 Å². The number of nitrogens with two attached hydrogens (primary N) is 1. The lowest BCUT2D eigenvalue weighted by Gasteiger charge is -2.25. The zero-order valence-electron chi connectivity index (χ0n) is 16.0. The lowest BCUT2D eigenvalue weighted by atomic mass is 10.1. The van der Waals surface area contributed by atoms with Crippen molar-refractivity contribution in [2.75, 3.05) is 19.7 Å². The lowest BCUT2D eigenvalue weighted by molar-refractivity contribution is 0.293. The molecule has 0 aliphatic carbocycles. The molecule has 3 rings (SSSR count). The largest absolute Gasteiger partial charge is 0.494 e. The number of ether oxygens (including phenoxy) is 1. The summed E-state index contributed by atoms with van der Waals surface area (Å²) in [5, 5.41) is -1.42. The van der Waals surface area contributed by atoms with Crippen LogP contribution in [0.1, 0.15) is 30.4 Å². The predicted molar refractivity (Wildman–Crippen MR) is 110 cm³/mol. The molecule has 28 heavy (non-hydrogen) atoms. The number of benzene rings is 2. The van der Waals surface area contributed by atoms with Crippen LogP contribution in [-0.4, -0.2) is 39.7 Å². The second kappa shape index (κ2) is 9.21.